The lowest BCUT2D eigenvalue weighted by molar-refractivity contribution is -0.159. The van der Waals surface area contributed by atoms with Crippen LogP contribution in [-0.4, -0.2) is 39.2 Å². The first kappa shape index (κ1) is 20.1. The van der Waals surface area contributed by atoms with Crippen LogP contribution in [0.25, 0.3) is 10.9 Å². The molecule has 6 heteroatoms. The van der Waals surface area contributed by atoms with Gasteiger partial charge in [-0.1, -0.05) is 72.3 Å². The van der Waals surface area contributed by atoms with Gasteiger partial charge in [-0.05, 0) is 34.9 Å². The highest BCUT2D eigenvalue weighted by Crippen LogP contribution is 2.42. The van der Waals surface area contributed by atoms with Crippen molar-refractivity contribution in [2.24, 2.45) is 0 Å². The highest BCUT2D eigenvalue weighted by molar-refractivity contribution is 6.30. The number of fused-ring (bicyclic) bond motifs is 4. The topological polar surface area (TPSA) is 56.4 Å². The maximum Gasteiger partial charge on any atom is 0.246 e. The number of hydrogen-bond acceptors (Lipinski definition) is 2. The van der Waals surface area contributed by atoms with Crippen LogP contribution < -0.4 is 0 Å². The Kier molecular flexibility index (Phi) is 4.73. The van der Waals surface area contributed by atoms with Crippen molar-refractivity contribution in [3.8, 4) is 0 Å². The Morgan fingerprint density at radius 3 is 2.42 bits per heavy atom. The number of aromatic amines is 1. The zero-order valence-electron chi connectivity index (χ0n) is 17.9. The number of aromatic nitrogens is 1. The molecule has 3 heterocycles. The van der Waals surface area contributed by atoms with Gasteiger partial charge in [-0.25, -0.2) is 0 Å². The van der Waals surface area contributed by atoms with Gasteiger partial charge in [0.05, 0.1) is 6.04 Å². The second-order valence-electron chi connectivity index (χ2n) is 8.72. The van der Waals surface area contributed by atoms with Gasteiger partial charge in [0.25, 0.3) is 0 Å². The fraction of sp³-hybridized carbons (Fsp3) is 0.185. The fourth-order valence-electron chi connectivity index (χ4n) is 5.25. The Morgan fingerprint density at radius 1 is 0.909 bits per heavy atom. The summed E-state index contributed by atoms with van der Waals surface area (Å²) in [6.45, 7) is 0.458. The zero-order valence-corrected chi connectivity index (χ0v) is 18.6. The van der Waals surface area contributed by atoms with Crippen molar-refractivity contribution in [3.05, 3.63) is 106 Å². The molecule has 1 fully saturated rings. The van der Waals surface area contributed by atoms with Crippen LogP contribution in [-0.2, 0) is 22.6 Å². The Labute approximate surface area is 196 Å². The van der Waals surface area contributed by atoms with E-state index in [9.17, 15) is 9.59 Å². The highest BCUT2D eigenvalue weighted by Gasteiger charge is 2.48. The molecule has 0 saturated carbocycles. The van der Waals surface area contributed by atoms with Crippen molar-refractivity contribution in [2.75, 3.05) is 6.54 Å². The molecular weight excluding hydrogens is 434 g/mol. The second kappa shape index (κ2) is 7.78. The van der Waals surface area contributed by atoms with Crippen LogP contribution in [0.2, 0.25) is 5.02 Å². The maximum atomic E-state index is 13.7. The summed E-state index contributed by atoms with van der Waals surface area (Å²) in [5.74, 6) is -0.0480. The smallest absolute Gasteiger partial charge is 0.246 e. The standard InChI is InChI=1S/C27H22ClN3O2/c28-19-12-10-17(11-13-19)15-30-16-24(32)31-23(27(30)33)14-21-20-8-4-5-9-22(20)29-25(21)26(31)18-6-2-1-3-7-18/h1-13,23,26,29H,14-16H2/t23-,26?/m0/s1. The number of H-pyrrole nitrogens is 1. The fourth-order valence-corrected chi connectivity index (χ4v) is 5.38. The first-order valence-corrected chi connectivity index (χ1v) is 11.5. The lowest BCUT2D eigenvalue weighted by atomic mass is 9.86. The minimum atomic E-state index is -0.532. The minimum absolute atomic E-state index is 0.0126. The third-order valence-electron chi connectivity index (χ3n) is 6.74. The number of carbonyl (C=O) groups excluding carboxylic acids is 2. The van der Waals surface area contributed by atoms with Crippen molar-refractivity contribution >= 4 is 34.3 Å². The number of carbonyl (C=O) groups is 2. The van der Waals surface area contributed by atoms with Crippen LogP contribution in [0.1, 0.15) is 28.4 Å². The number of piperazine rings is 1. The molecule has 0 bridgehead atoms. The molecule has 4 aromatic rings. The van der Waals surface area contributed by atoms with Gasteiger partial charge in [-0.15, -0.1) is 0 Å². The molecule has 2 aliphatic heterocycles. The van der Waals surface area contributed by atoms with Gasteiger partial charge in [0.2, 0.25) is 11.8 Å². The Hall–Kier alpha value is -3.57. The van der Waals surface area contributed by atoms with Crippen molar-refractivity contribution < 1.29 is 9.59 Å². The summed E-state index contributed by atoms with van der Waals surface area (Å²) in [6, 6.07) is 24.7. The molecule has 0 spiro atoms. The van der Waals surface area contributed by atoms with Crippen molar-refractivity contribution in [1.29, 1.82) is 0 Å². The van der Waals surface area contributed by atoms with E-state index in [4.69, 9.17) is 11.6 Å². The second-order valence-corrected chi connectivity index (χ2v) is 9.15. The van der Waals surface area contributed by atoms with Gasteiger partial charge in [-0.2, -0.15) is 0 Å². The third-order valence-corrected chi connectivity index (χ3v) is 7.00. The van der Waals surface area contributed by atoms with E-state index in [1.54, 1.807) is 9.80 Å². The number of benzene rings is 3. The van der Waals surface area contributed by atoms with E-state index in [0.717, 1.165) is 33.3 Å². The van der Waals surface area contributed by atoms with E-state index in [2.05, 4.69) is 11.1 Å². The van der Waals surface area contributed by atoms with Crippen LogP contribution in [0.3, 0.4) is 0 Å². The third kappa shape index (κ3) is 3.31. The molecule has 3 aromatic carbocycles. The monoisotopic (exact) mass is 455 g/mol. The molecule has 0 radical (unpaired) electrons. The lowest BCUT2D eigenvalue weighted by Gasteiger charge is -2.47. The van der Waals surface area contributed by atoms with Crippen LogP contribution >= 0.6 is 11.6 Å². The number of nitrogens with one attached hydrogen (secondary N) is 1. The Balaban J connectivity index is 1.44. The van der Waals surface area contributed by atoms with Gasteiger partial charge in [-0.3, -0.25) is 9.59 Å². The number of nitrogens with zero attached hydrogens (tertiary/aromatic N) is 2. The van der Waals surface area contributed by atoms with Gasteiger partial charge < -0.3 is 14.8 Å². The summed E-state index contributed by atoms with van der Waals surface area (Å²) >= 11 is 6.01. The van der Waals surface area contributed by atoms with E-state index in [-0.39, 0.29) is 24.4 Å². The molecule has 1 saturated heterocycles. The van der Waals surface area contributed by atoms with Crippen LogP contribution in [0.5, 0.6) is 0 Å². The van der Waals surface area contributed by atoms with E-state index in [1.165, 1.54) is 0 Å². The van der Waals surface area contributed by atoms with E-state index in [1.807, 2.05) is 72.8 Å². The molecule has 2 atom stereocenters. The van der Waals surface area contributed by atoms with Crippen LogP contribution in [0.4, 0.5) is 0 Å². The summed E-state index contributed by atoms with van der Waals surface area (Å²) in [7, 11) is 0. The molecule has 0 aliphatic carbocycles. The number of rotatable bonds is 3. The predicted molar refractivity (Wildman–Crippen MR) is 128 cm³/mol. The molecule has 6 rings (SSSR count). The van der Waals surface area contributed by atoms with Gasteiger partial charge in [0.1, 0.15) is 12.6 Å². The molecule has 33 heavy (non-hydrogen) atoms. The number of hydrogen-bond donors (Lipinski definition) is 1. The van der Waals surface area contributed by atoms with E-state index < -0.39 is 6.04 Å². The molecule has 2 aliphatic rings. The molecule has 164 valence electrons. The van der Waals surface area contributed by atoms with Gasteiger partial charge in [0.15, 0.2) is 0 Å². The number of halogens is 1. The van der Waals surface area contributed by atoms with Crippen molar-refractivity contribution in [3.63, 3.8) is 0 Å². The predicted octanol–water partition coefficient (Wildman–Crippen LogP) is 4.71. The normalized spacial score (nSPS) is 20.2. The van der Waals surface area contributed by atoms with Crippen molar-refractivity contribution in [1.82, 2.24) is 14.8 Å². The van der Waals surface area contributed by atoms with E-state index >= 15 is 0 Å². The van der Waals surface area contributed by atoms with Gasteiger partial charge >= 0.3 is 0 Å². The average molecular weight is 456 g/mol. The molecular formula is C27H22ClN3O2. The SMILES string of the molecule is O=C1[C@@H]2Cc3c([nH]c4ccccc34)C(c3ccccc3)N2C(=O)CN1Cc1ccc(Cl)cc1. The average Bonchev–Trinajstić information content (AvgIpc) is 3.21. The molecule has 5 nitrogen and oxygen atoms in total. The number of para-hydroxylation sites is 1. The first-order valence-electron chi connectivity index (χ1n) is 11.1. The summed E-state index contributed by atoms with van der Waals surface area (Å²) < 4.78 is 0. The molecule has 1 aromatic heterocycles. The first-order chi connectivity index (χ1) is 16.1. The number of amides is 2. The van der Waals surface area contributed by atoms with Crippen LogP contribution in [0, 0.1) is 0 Å². The molecule has 1 N–H and O–H groups in total. The lowest BCUT2D eigenvalue weighted by Crippen LogP contribution is -2.62. The summed E-state index contributed by atoms with van der Waals surface area (Å²) in [6.07, 6.45) is 0.504. The largest absolute Gasteiger partial charge is 0.356 e. The molecule has 1 unspecified atom stereocenters. The maximum absolute atomic E-state index is 13.7. The summed E-state index contributed by atoms with van der Waals surface area (Å²) in [5, 5.41) is 1.76. The summed E-state index contributed by atoms with van der Waals surface area (Å²) in [4.78, 5) is 34.3. The Bertz CT molecular complexity index is 1360. The van der Waals surface area contributed by atoms with Gasteiger partial charge in [0, 0.05) is 34.6 Å². The zero-order chi connectivity index (χ0) is 22.5. The van der Waals surface area contributed by atoms with E-state index in [0.29, 0.717) is 18.0 Å². The van der Waals surface area contributed by atoms with Crippen LogP contribution in [0.15, 0.2) is 78.9 Å². The quantitative estimate of drug-likeness (QED) is 0.486. The Morgan fingerprint density at radius 2 is 1.64 bits per heavy atom. The van der Waals surface area contributed by atoms with Crippen molar-refractivity contribution in [2.45, 2.75) is 25.0 Å². The minimum Gasteiger partial charge on any atom is -0.356 e. The molecule has 2 amide bonds. The summed E-state index contributed by atoms with van der Waals surface area (Å²) in [5.41, 5.74) is 5.11. The highest BCUT2D eigenvalue weighted by atomic mass is 35.5.